The predicted molar refractivity (Wildman–Crippen MR) is 52.6 cm³/mol. The lowest BCUT2D eigenvalue weighted by Crippen LogP contribution is -2.25. The van der Waals surface area contributed by atoms with Crippen molar-refractivity contribution in [2.45, 2.75) is 0 Å². The number of carbonyl (C=O) groups is 1. The van der Waals surface area contributed by atoms with E-state index in [1.807, 2.05) is 0 Å². The summed E-state index contributed by atoms with van der Waals surface area (Å²) in [6, 6.07) is 0. The number of nitrogens with one attached hydrogen (secondary N) is 2. The number of nitrogens with zero attached hydrogens (tertiary/aromatic N) is 1. The van der Waals surface area contributed by atoms with Gasteiger partial charge in [-0.25, -0.2) is 0 Å². The van der Waals surface area contributed by atoms with Gasteiger partial charge in [-0.2, -0.15) is 0 Å². The average molecular weight is 217 g/mol. The second-order valence-electron chi connectivity index (χ2n) is 2.58. The Hall–Kier alpha value is -0.870. The van der Waals surface area contributed by atoms with Gasteiger partial charge in [-0.3, -0.25) is 9.13 Å². The van der Waals surface area contributed by atoms with Crippen molar-refractivity contribution in [2.24, 2.45) is 0 Å². The molecule has 7 heteroatoms. The summed E-state index contributed by atoms with van der Waals surface area (Å²) < 4.78 is 7.25. The molecule has 0 saturated heterocycles. The second kappa shape index (κ2) is 3.12. The van der Waals surface area contributed by atoms with Gasteiger partial charge in [-0.15, -0.1) is 0 Å². The van der Waals surface area contributed by atoms with E-state index in [-0.39, 0.29) is 5.91 Å². The fraction of sp³-hybridized carbons (Fsp3) is 0.333. The van der Waals surface area contributed by atoms with E-state index in [2.05, 4.69) is 19.7 Å². The zero-order chi connectivity index (χ0) is 9.42. The number of carbonyl (C=O) groups excluding carboxylic acids is 1. The molecule has 2 N–H and O–H groups in total. The van der Waals surface area contributed by atoms with E-state index in [4.69, 9.17) is 17.0 Å². The van der Waals surface area contributed by atoms with Crippen molar-refractivity contribution in [1.82, 2.24) is 14.6 Å². The first-order chi connectivity index (χ1) is 6.20. The Labute approximate surface area is 81.7 Å². The first kappa shape index (κ1) is 8.72. The molecule has 1 atom stereocenters. The van der Waals surface area contributed by atoms with Crippen molar-refractivity contribution in [3.8, 4) is 5.88 Å². The Morgan fingerprint density at radius 1 is 1.62 bits per heavy atom. The molecule has 1 amide bonds. The fourth-order valence-electron chi connectivity index (χ4n) is 1.15. The van der Waals surface area contributed by atoms with Gasteiger partial charge in [0, 0.05) is 0 Å². The van der Waals surface area contributed by atoms with E-state index >= 15 is 0 Å². The van der Waals surface area contributed by atoms with Crippen LogP contribution < -0.4 is 10.1 Å². The second-order valence-corrected chi connectivity index (χ2v) is 3.49. The van der Waals surface area contributed by atoms with Gasteiger partial charge in [0.1, 0.15) is 6.61 Å². The zero-order valence-corrected chi connectivity index (χ0v) is 8.63. The van der Waals surface area contributed by atoms with E-state index < -0.39 is 0 Å². The highest BCUT2D eigenvalue weighted by atomic mass is 32.1. The van der Waals surface area contributed by atoms with Crippen LogP contribution in [0.2, 0.25) is 0 Å². The summed E-state index contributed by atoms with van der Waals surface area (Å²) in [5.74, 6) is 0.268. The van der Waals surface area contributed by atoms with Crippen LogP contribution in [0.4, 0.5) is 0 Å². The molecule has 1 unspecified atom stereocenters. The van der Waals surface area contributed by atoms with E-state index in [0.717, 1.165) is 0 Å². The molecule has 0 fully saturated rings. The van der Waals surface area contributed by atoms with Gasteiger partial charge in [0.25, 0.3) is 5.91 Å². The van der Waals surface area contributed by atoms with Gasteiger partial charge in [0.15, 0.2) is 10.5 Å². The Kier molecular flexibility index (Phi) is 2.09. The number of ether oxygens (including phenoxy) is 1. The first-order valence-electron chi connectivity index (χ1n) is 3.71. The van der Waals surface area contributed by atoms with Crippen LogP contribution in [0, 0.1) is 4.77 Å². The summed E-state index contributed by atoms with van der Waals surface area (Å²) >= 11 is 4.95. The quantitative estimate of drug-likeness (QED) is 0.485. The molecule has 0 aliphatic carbocycles. The SMILES string of the molecule is O=C1NCCOc2[nH]c(=S)n(P)c21. The predicted octanol–water partition coefficient (Wildman–Crippen LogP) is 0.306. The summed E-state index contributed by atoms with van der Waals surface area (Å²) in [5.41, 5.74) is 0.424. The topological polar surface area (TPSA) is 59.0 Å². The van der Waals surface area contributed by atoms with Crippen LogP contribution in [0.1, 0.15) is 10.5 Å². The number of aromatic amines is 1. The monoisotopic (exact) mass is 217 g/mol. The molecule has 2 heterocycles. The molecule has 0 aromatic carbocycles. The van der Waals surface area contributed by atoms with Crippen LogP contribution in [0.5, 0.6) is 5.88 Å². The van der Waals surface area contributed by atoms with E-state index in [0.29, 0.717) is 29.5 Å². The van der Waals surface area contributed by atoms with Gasteiger partial charge in [-0.05, 0) is 21.6 Å². The number of rotatable bonds is 0. The van der Waals surface area contributed by atoms with Crippen molar-refractivity contribution in [3.63, 3.8) is 0 Å². The summed E-state index contributed by atoms with van der Waals surface area (Å²) in [4.78, 5) is 14.3. The van der Waals surface area contributed by atoms with Crippen LogP contribution in [-0.4, -0.2) is 28.4 Å². The molecule has 70 valence electrons. The minimum absolute atomic E-state index is 0.171. The number of amides is 1. The molecule has 0 radical (unpaired) electrons. The molecule has 0 bridgehead atoms. The van der Waals surface area contributed by atoms with Crippen molar-refractivity contribution in [3.05, 3.63) is 10.5 Å². The van der Waals surface area contributed by atoms with Crippen molar-refractivity contribution in [2.75, 3.05) is 13.2 Å². The standard InChI is InChI=1S/C6H8N3O2PS/c10-4-3-5(11-2-1-7-4)8-6(13)9(3)12/h1-2,12H2,(H,7,10)(H,8,13). The van der Waals surface area contributed by atoms with Crippen LogP contribution in [0.15, 0.2) is 0 Å². The van der Waals surface area contributed by atoms with Gasteiger partial charge < -0.3 is 15.0 Å². The van der Waals surface area contributed by atoms with Crippen molar-refractivity contribution in [1.29, 1.82) is 0 Å². The Balaban J connectivity index is 2.61. The van der Waals surface area contributed by atoms with Crippen LogP contribution in [-0.2, 0) is 0 Å². The van der Waals surface area contributed by atoms with Gasteiger partial charge >= 0.3 is 0 Å². The van der Waals surface area contributed by atoms with Crippen LogP contribution in [0.25, 0.3) is 0 Å². The maximum atomic E-state index is 11.4. The molecule has 0 spiro atoms. The Morgan fingerprint density at radius 2 is 2.38 bits per heavy atom. The lowest BCUT2D eigenvalue weighted by molar-refractivity contribution is 0.0952. The van der Waals surface area contributed by atoms with E-state index in [1.165, 1.54) is 4.34 Å². The third kappa shape index (κ3) is 1.36. The molecule has 1 aromatic rings. The van der Waals surface area contributed by atoms with Gasteiger partial charge in [0.2, 0.25) is 5.88 Å². The highest BCUT2D eigenvalue weighted by molar-refractivity contribution is 7.71. The molecule has 0 saturated carbocycles. The summed E-state index contributed by atoms with van der Waals surface area (Å²) in [6.07, 6.45) is 0. The summed E-state index contributed by atoms with van der Waals surface area (Å²) in [5, 5.41) is 2.69. The van der Waals surface area contributed by atoms with Crippen molar-refractivity contribution >= 4 is 27.5 Å². The Morgan fingerprint density at radius 3 is 3.15 bits per heavy atom. The number of H-pyrrole nitrogens is 1. The maximum Gasteiger partial charge on any atom is 0.273 e. The largest absolute Gasteiger partial charge is 0.475 e. The molecule has 1 aromatic heterocycles. The molecule has 13 heavy (non-hydrogen) atoms. The molecule has 1 aliphatic heterocycles. The average Bonchev–Trinajstić information content (AvgIpc) is 2.29. The number of hydrogen-bond acceptors (Lipinski definition) is 3. The fourth-order valence-corrected chi connectivity index (χ4v) is 1.63. The number of hydrogen-bond donors (Lipinski definition) is 2. The highest BCUT2D eigenvalue weighted by Crippen LogP contribution is 2.20. The number of aromatic nitrogens is 2. The van der Waals surface area contributed by atoms with E-state index in [1.54, 1.807) is 0 Å². The minimum atomic E-state index is -0.171. The van der Waals surface area contributed by atoms with Gasteiger partial charge in [-0.1, -0.05) is 0 Å². The van der Waals surface area contributed by atoms with Crippen LogP contribution in [0.3, 0.4) is 0 Å². The van der Waals surface area contributed by atoms with E-state index in [9.17, 15) is 4.79 Å². The molecular formula is C6H8N3O2PS. The number of imidazole rings is 1. The van der Waals surface area contributed by atoms with Crippen molar-refractivity contribution < 1.29 is 9.53 Å². The highest BCUT2D eigenvalue weighted by Gasteiger charge is 2.21. The zero-order valence-electron chi connectivity index (χ0n) is 6.66. The smallest absolute Gasteiger partial charge is 0.273 e. The first-order valence-corrected chi connectivity index (χ1v) is 4.63. The Bertz CT molecular complexity index is 411. The summed E-state index contributed by atoms with van der Waals surface area (Å²) in [7, 11) is 2.36. The lowest BCUT2D eigenvalue weighted by Gasteiger charge is -1.98. The number of fused-ring (bicyclic) bond motifs is 1. The molecule has 5 nitrogen and oxygen atoms in total. The van der Waals surface area contributed by atoms with Crippen LogP contribution >= 0.6 is 21.6 Å². The summed E-state index contributed by atoms with van der Waals surface area (Å²) in [6.45, 7) is 0.970. The molecular weight excluding hydrogens is 209 g/mol. The normalized spacial score (nSPS) is 15.6. The van der Waals surface area contributed by atoms with Gasteiger partial charge in [0.05, 0.1) is 6.54 Å². The minimum Gasteiger partial charge on any atom is -0.475 e. The third-order valence-corrected chi connectivity index (χ3v) is 2.75. The molecule has 2 rings (SSSR count). The lowest BCUT2D eigenvalue weighted by atomic mass is 10.4. The third-order valence-electron chi connectivity index (χ3n) is 1.74. The maximum absolute atomic E-state index is 11.4. The molecule has 1 aliphatic rings.